The van der Waals surface area contributed by atoms with Gasteiger partial charge in [-0.1, -0.05) is 19.4 Å². The molecule has 0 saturated carbocycles. The van der Waals surface area contributed by atoms with Gasteiger partial charge in [0.1, 0.15) is 9.20 Å². The zero-order valence-electron chi connectivity index (χ0n) is 12.9. The van der Waals surface area contributed by atoms with Crippen molar-refractivity contribution < 1.29 is 14.3 Å². The summed E-state index contributed by atoms with van der Waals surface area (Å²) in [6.45, 7) is 2.55. The summed E-state index contributed by atoms with van der Waals surface area (Å²) in [5.74, 6) is -0.724. The van der Waals surface area contributed by atoms with E-state index in [2.05, 4.69) is 4.74 Å². The Balaban J connectivity index is 2.55. The number of aromatic nitrogens is 1. The molecule has 2 aromatic heterocycles. The quantitative estimate of drug-likeness (QED) is 0.583. The first kappa shape index (κ1) is 17.4. The molecule has 0 bridgehead atoms. The van der Waals surface area contributed by atoms with Crippen molar-refractivity contribution in [3.05, 3.63) is 41.9 Å². The predicted octanol–water partition coefficient (Wildman–Crippen LogP) is 1.39. The predicted molar refractivity (Wildman–Crippen MR) is 92.3 cm³/mol. The van der Waals surface area contributed by atoms with Crippen molar-refractivity contribution in [3.63, 3.8) is 0 Å². The van der Waals surface area contributed by atoms with Gasteiger partial charge in [0.15, 0.2) is 5.78 Å². The second-order valence-electron chi connectivity index (χ2n) is 4.77. The van der Waals surface area contributed by atoms with Crippen LogP contribution in [0.15, 0.2) is 22.3 Å². The number of nitrogens with zero attached hydrogens (tertiary/aromatic N) is 1. The third kappa shape index (κ3) is 4.27. The molecule has 0 unspecified atom stereocenters. The Hall–Kier alpha value is -1.99. The van der Waals surface area contributed by atoms with Crippen LogP contribution in [0.3, 0.4) is 0 Å². The molecule has 2 heterocycles. The van der Waals surface area contributed by atoms with Crippen molar-refractivity contribution in [2.75, 3.05) is 7.11 Å². The number of ketones is 1. The fourth-order valence-electron chi connectivity index (χ4n) is 1.94. The summed E-state index contributed by atoms with van der Waals surface area (Å²) in [6.07, 6.45) is 4.38. The Morgan fingerprint density at radius 1 is 1.35 bits per heavy atom. The monoisotopic (exact) mass is 351 g/mol. The zero-order valence-corrected chi connectivity index (χ0v) is 14.5. The van der Waals surface area contributed by atoms with Crippen LogP contribution in [0, 0.1) is 0 Å². The minimum absolute atomic E-state index is 0.142. The van der Waals surface area contributed by atoms with Crippen LogP contribution in [0.2, 0.25) is 0 Å². The van der Waals surface area contributed by atoms with Gasteiger partial charge in [-0.15, -0.1) is 22.7 Å². The average Bonchev–Trinajstić information content (AvgIpc) is 3.16. The lowest BCUT2D eigenvalue weighted by molar-refractivity contribution is -0.133. The van der Waals surface area contributed by atoms with Crippen molar-refractivity contribution in [2.45, 2.75) is 26.3 Å². The molecule has 0 aliphatic rings. The van der Waals surface area contributed by atoms with Crippen molar-refractivity contribution >= 4 is 46.6 Å². The second kappa shape index (κ2) is 8.03. The highest BCUT2D eigenvalue weighted by Gasteiger charge is 2.09. The molecule has 0 amide bonds. The normalized spacial score (nSPS) is 12.6. The summed E-state index contributed by atoms with van der Waals surface area (Å²) < 4.78 is 6.95. The van der Waals surface area contributed by atoms with Crippen LogP contribution in [0.1, 0.15) is 29.4 Å². The second-order valence-corrected chi connectivity index (χ2v) is 6.78. The van der Waals surface area contributed by atoms with Gasteiger partial charge < -0.3 is 4.74 Å². The van der Waals surface area contributed by atoms with Gasteiger partial charge in [0.25, 0.3) is 5.56 Å². The number of ether oxygens (including phenoxy) is 1. The van der Waals surface area contributed by atoms with Gasteiger partial charge in [0.2, 0.25) is 0 Å². The van der Waals surface area contributed by atoms with Crippen LogP contribution in [-0.2, 0) is 16.1 Å². The van der Waals surface area contributed by atoms with E-state index in [0.717, 1.165) is 24.2 Å². The van der Waals surface area contributed by atoms with E-state index in [1.54, 1.807) is 16.7 Å². The molecular formula is C16H17NO4S2. The van der Waals surface area contributed by atoms with E-state index < -0.39 is 5.97 Å². The first-order chi connectivity index (χ1) is 11.1. The molecule has 0 atom stereocenters. The van der Waals surface area contributed by atoms with Gasteiger partial charge in [0.05, 0.1) is 12.0 Å². The molecule has 0 aliphatic carbocycles. The highest BCUT2D eigenvalue weighted by atomic mass is 32.1. The number of rotatable bonds is 6. The maximum Gasteiger partial charge on any atom is 0.332 e. The van der Waals surface area contributed by atoms with E-state index in [0.29, 0.717) is 16.1 Å². The third-order valence-corrected chi connectivity index (χ3v) is 5.08. The van der Waals surface area contributed by atoms with Crippen molar-refractivity contribution in [2.24, 2.45) is 0 Å². The maximum absolute atomic E-state index is 12.4. The molecule has 7 heteroatoms. The molecule has 2 aromatic rings. The number of thiophene rings is 1. The van der Waals surface area contributed by atoms with E-state index in [-0.39, 0.29) is 15.9 Å². The Labute approximate surface area is 141 Å². The van der Waals surface area contributed by atoms with Gasteiger partial charge in [-0.3, -0.25) is 14.2 Å². The van der Waals surface area contributed by atoms with Gasteiger partial charge in [-0.05, 0) is 17.9 Å². The summed E-state index contributed by atoms with van der Waals surface area (Å²) >= 11 is 2.48. The van der Waals surface area contributed by atoms with Crippen LogP contribution in [0.4, 0.5) is 0 Å². The van der Waals surface area contributed by atoms with E-state index >= 15 is 0 Å². The van der Waals surface area contributed by atoms with Crippen molar-refractivity contribution in [1.82, 2.24) is 4.57 Å². The molecule has 0 N–H and O–H groups in total. The number of hydrogen-bond donors (Lipinski definition) is 0. The molecule has 0 spiro atoms. The number of unbranched alkanes of at least 4 members (excludes halogenated alkanes) is 1. The number of hydrogen-bond acceptors (Lipinski definition) is 6. The molecule has 2 rings (SSSR count). The van der Waals surface area contributed by atoms with Gasteiger partial charge >= 0.3 is 5.97 Å². The molecule has 122 valence electrons. The van der Waals surface area contributed by atoms with Gasteiger partial charge in [0, 0.05) is 18.7 Å². The summed E-state index contributed by atoms with van der Waals surface area (Å²) in [5.41, 5.74) is -0.265. The lowest BCUT2D eigenvalue weighted by Crippen LogP contribution is -2.32. The summed E-state index contributed by atoms with van der Waals surface area (Å²) in [7, 11) is 1.26. The highest BCUT2D eigenvalue weighted by Crippen LogP contribution is 2.09. The first-order valence-electron chi connectivity index (χ1n) is 7.15. The molecular weight excluding hydrogens is 334 g/mol. The number of methoxy groups -OCH3 is 1. The molecule has 0 aliphatic heterocycles. The lowest BCUT2D eigenvalue weighted by atomic mass is 10.3. The standard InChI is InChI=1S/C16H17NO4S2/c1-3-4-7-17-14(9-11(18)12-6-5-8-22-12)23-13(16(17)20)10-15(19)21-2/h5-6,8-10H,3-4,7H2,1-2H3/b13-10-,14-9-. The van der Waals surface area contributed by atoms with E-state index in [4.69, 9.17) is 0 Å². The maximum atomic E-state index is 12.4. The van der Waals surface area contributed by atoms with Crippen LogP contribution < -0.4 is 14.8 Å². The van der Waals surface area contributed by atoms with Gasteiger partial charge in [-0.25, -0.2) is 4.79 Å². The third-order valence-electron chi connectivity index (χ3n) is 3.14. The highest BCUT2D eigenvalue weighted by molar-refractivity contribution is 7.12. The van der Waals surface area contributed by atoms with Crippen molar-refractivity contribution in [1.29, 1.82) is 0 Å². The number of Topliss-reactive ketones (excluding diaryl/α,β-unsaturated/α-hetero) is 1. The van der Waals surface area contributed by atoms with E-state index in [1.807, 2.05) is 12.3 Å². The number of esters is 1. The first-order valence-corrected chi connectivity index (χ1v) is 8.85. The zero-order chi connectivity index (χ0) is 16.8. The largest absolute Gasteiger partial charge is 0.466 e. The van der Waals surface area contributed by atoms with Crippen molar-refractivity contribution in [3.8, 4) is 0 Å². The van der Waals surface area contributed by atoms with Crippen LogP contribution in [0.25, 0.3) is 12.2 Å². The Bertz CT molecular complexity index is 859. The molecule has 0 fully saturated rings. The summed E-state index contributed by atoms with van der Waals surface area (Å²) in [4.78, 5) is 36.7. The lowest BCUT2D eigenvalue weighted by Gasteiger charge is -1.99. The minimum Gasteiger partial charge on any atom is -0.466 e. The average molecular weight is 351 g/mol. The van der Waals surface area contributed by atoms with Crippen LogP contribution in [-0.4, -0.2) is 23.4 Å². The number of thiazole rings is 1. The molecule has 0 saturated heterocycles. The fraction of sp³-hybridized carbons (Fsp3) is 0.312. The fourth-order valence-corrected chi connectivity index (χ4v) is 3.60. The minimum atomic E-state index is -0.581. The molecule has 0 aromatic carbocycles. The molecule has 0 radical (unpaired) electrons. The van der Waals surface area contributed by atoms with Crippen LogP contribution >= 0.6 is 22.7 Å². The number of carbonyl (C=O) groups is 2. The van der Waals surface area contributed by atoms with Crippen LogP contribution in [0.5, 0.6) is 0 Å². The van der Waals surface area contributed by atoms with E-state index in [9.17, 15) is 14.4 Å². The van der Waals surface area contributed by atoms with E-state index in [1.165, 1.54) is 30.6 Å². The Morgan fingerprint density at radius 3 is 2.74 bits per heavy atom. The SMILES string of the molecule is CCCCn1c(=O)/c(=C/C(=O)OC)s/c1=C\C(=O)c1cccs1. The van der Waals surface area contributed by atoms with Gasteiger partial charge in [-0.2, -0.15) is 0 Å². The summed E-state index contributed by atoms with van der Waals surface area (Å²) in [5, 5.41) is 1.83. The molecule has 5 nitrogen and oxygen atoms in total. The summed E-state index contributed by atoms with van der Waals surface area (Å²) in [6, 6.07) is 3.55. The number of carbonyl (C=O) groups excluding carboxylic acids is 2. The Kier molecular flexibility index (Phi) is 6.06. The topological polar surface area (TPSA) is 65.4 Å². The Morgan fingerprint density at radius 2 is 2.13 bits per heavy atom. The molecule has 23 heavy (non-hydrogen) atoms. The smallest absolute Gasteiger partial charge is 0.332 e.